The van der Waals surface area contributed by atoms with Gasteiger partial charge in [0.25, 0.3) is 0 Å². The van der Waals surface area contributed by atoms with Crippen molar-refractivity contribution in [3.8, 4) is 6.07 Å². The van der Waals surface area contributed by atoms with E-state index < -0.39 is 71.5 Å². The summed E-state index contributed by atoms with van der Waals surface area (Å²) in [6.07, 6.45) is -0.374. The van der Waals surface area contributed by atoms with E-state index in [1.807, 2.05) is 0 Å². The predicted octanol–water partition coefficient (Wildman–Crippen LogP) is 3.10. The zero-order valence-corrected chi connectivity index (χ0v) is 22.2. The van der Waals surface area contributed by atoms with Crippen LogP contribution < -0.4 is 11.1 Å². The second-order valence-corrected chi connectivity index (χ2v) is 11.1. The first-order valence-electron chi connectivity index (χ1n) is 12.3. The summed E-state index contributed by atoms with van der Waals surface area (Å²) in [5.41, 5.74) is 2.41. The highest BCUT2D eigenvalue weighted by Crippen LogP contribution is 2.57. The van der Waals surface area contributed by atoms with Crippen LogP contribution >= 0.6 is 23.2 Å². The van der Waals surface area contributed by atoms with Crippen molar-refractivity contribution < 1.29 is 33.3 Å². The SMILES string of the molecule is N#C[C@]1(c2ccc(Cl)cc2F)[C@H](CC2(CO)CC2)N[C@@H](C(=O)OC[C@@H](O)CC(N)=O)[C@@H]1c1cccc(Cl)c1F. The van der Waals surface area contributed by atoms with Crippen molar-refractivity contribution >= 4 is 35.1 Å². The van der Waals surface area contributed by atoms with Crippen LogP contribution in [0.25, 0.3) is 0 Å². The summed E-state index contributed by atoms with van der Waals surface area (Å²) in [6.45, 7) is -0.786. The van der Waals surface area contributed by atoms with Crippen molar-refractivity contribution in [2.75, 3.05) is 13.2 Å². The van der Waals surface area contributed by atoms with Crippen LogP contribution in [0.15, 0.2) is 36.4 Å². The first kappa shape index (κ1) is 29.2. The Morgan fingerprint density at radius 3 is 2.56 bits per heavy atom. The Bertz CT molecular complexity index is 1320. The smallest absolute Gasteiger partial charge is 0.323 e. The minimum Gasteiger partial charge on any atom is -0.462 e. The highest BCUT2D eigenvalue weighted by Gasteiger charge is 2.63. The van der Waals surface area contributed by atoms with Crippen LogP contribution in [-0.2, 0) is 19.7 Å². The van der Waals surface area contributed by atoms with E-state index in [1.54, 1.807) is 0 Å². The Morgan fingerprint density at radius 1 is 1.26 bits per heavy atom. The highest BCUT2D eigenvalue weighted by molar-refractivity contribution is 6.31. The number of hydrogen-bond acceptors (Lipinski definition) is 7. The van der Waals surface area contributed by atoms with Crippen molar-refractivity contribution in [3.63, 3.8) is 0 Å². The average molecular weight is 582 g/mol. The molecule has 1 aliphatic carbocycles. The third-order valence-corrected chi connectivity index (χ3v) is 8.20. The molecule has 1 saturated carbocycles. The second-order valence-electron chi connectivity index (χ2n) is 10.2. The lowest BCUT2D eigenvalue weighted by Gasteiger charge is -2.36. The van der Waals surface area contributed by atoms with E-state index in [2.05, 4.69) is 11.4 Å². The molecule has 2 fully saturated rings. The molecule has 4 rings (SSSR count). The molecule has 1 aliphatic heterocycles. The van der Waals surface area contributed by atoms with Crippen LogP contribution in [0.3, 0.4) is 0 Å². The Balaban J connectivity index is 1.87. The molecule has 0 radical (unpaired) electrons. The number of esters is 1. The van der Waals surface area contributed by atoms with E-state index in [4.69, 9.17) is 33.7 Å². The van der Waals surface area contributed by atoms with E-state index >= 15 is 8.78 Å². The largest absolute Gasteiger partial charge is 0.462 e. The van der Waals surface area contributed by atoms with Gasteiger partial charge in [-0.3, -0.25) is 14.9 Å². The molecule has 2 aliphatic rings. The number of ether oxygens (including phenoxy) is 1. The molecule has 5 atom stereocenters. The number of aliphatic hydroxyl groups excluding tert-OH is 2. The maximum Gasteiger partial charge on any atom is 0.323 e. The number of carbonyl (C=O) groups excluding carboxylic acids is 2. The Labute approximate surface area is 233 Å². The standard InChI is InChI=1S/C27H27Cl2F2N3O5/c28-14-4-5-17(19(30)8-14)27(12-32)20(10-26(13-35)6-7-26)34-24(25(38)39-11-15(36)9-21(33)37)22(27)16-2-1-3-18(29)23(16)31/h1-5,8,15,20,22,24,34-36H,6-7,9-11,13H2,(H2,33,37)/t15-,20-,22-,24+,27-/m0/s1. The molecule has 1 heterocycles. The van der Waals surface area contributed by atoms with Crippen LogP contribution in [-0.4, -0.2) is 53.5 Å². The maximum atomic E-state index is 15.6. The summed E-state index contributed by atoms with van der Waals surface area (Å²) in [5, 5.41) is 33.7. The quantitative estimate of drug-likeness (QED) is 0.315. The molecule has 5 N–H and O–H groups in total. The molecular weight excluding hydrogens is 555 g/mol. The number of nitrogens with one attached hydrogen (secondary N) is 1. The molecule has 1 amide bonds. The number of halogens is 4. The third kappa shape index (κ3) is 5.60. The van der Waals surface area contributed by atoms with Crippen LogP contribution in [0, 0.1) is 28.4 Å². The number of aliphatic hydroxyl groups is 2. The fraction of sp³-hybridized carbons (Fsp3) is 0.444. The minimum absolute atomic E-state index is 0.0748. The highest BCUT2D eigenvalue weighted by atomic mass is 35.5. The Morgan fingerprint density at radius 2 is 1.97 bits per heavy atom. The fourth-order valence-corrected chi connectivity index (χ4v) is 5.86. The molecular formula is C27H27Cl2F2N3O5. The average Bonchev–Trinajstić information content (AvgIpc) is 3.59. The summed E-state index contributed by atoms with van der Waals surface area (Å²) >= 11 is 12.1. The summed E-state index contributed by atoms with van der Waals surface area (Å²) in [4.78, 5) is 24.6. The van der Waals surface area contributed by atoms with Crippen LogP contribution in [0.1, 0.15) is 42.7 Å². The van der Waals surface area contributed by atoms with E-state index in [0.29, 0.717) is 12.8 Å². The molecule has 2 aromatic rings. The second kappa shape index (κ2) is 11.4. The summed E-state index contributed by atoms with van der Waals surface area (Å²) in [7, 11) is 0. The number of benzene rings is 2. The molecule has 1 saturated heterocycles. The lowest BCUT2D eigenvalue weighted by atomic mass is 9.63. The van der Waals surface area contributed by atoms with Gasteiger partial charge in [-0.15, -0.1) is 0 Å². The first-order valence-corrected chi connectivity index (χ1v) is 13.0. The van der Waals surface area contributed by atoms with Gasteiger partial charge in [-0.05, 0) is 48.4 Å². The number of hydrogen-bond donors (Lipinski definition) is 4. The monoisotopic (exact) mass is 581 g/mol. The summed E-state index contributed by atoms with van der Waals surface area (Å²) < 4.78 is 36.4. The lowest BCUT2D eigenvalue weighted by molar-refractivity contribution is -0.150. The van der Waals surface area contributed by atoms with E-state index in [-0.39, 0.29) is 34.2 Å². The minimum atomic E-state index is -1.87. The van der Waals surface area contributed by atoms with Crippen LogP contribution in [0.2, 0.25) is 10.0 Å². The van der Waals surface area contributed by atoms with Gasteiger partial charge in [0.2, 0.25) is 5.91 Å². The van der Waals surface area contributed by atoms with Gasteiger partial charge < -0.3 is 20.7 Å². The first-order chi connectivity index (χ1) is 18.5. The fourth-order valence-electron chi connectivity index (χ4n) is 5.52. The molecule has 8 nitrogen and oxygen atoms in total. The maximum absolute atomic E-state index is 15.6. The molecule has 208 valence electrons. The van der Waals surface area contributed by atoms with Gasteiger partial charge >= 0.3 is 5.97 Å². The molecule has 0 bridgehead atoms. The topological polar surface area (TPSA) is 146 Å². The van der Waals surface area contributed by atoms with Gasteiger partial charge in [-0.25, -0.2) is 8.78 Å². The molecule has 0 aromatic heterocycles. The van der Waals surface area contributed by atoms with Gasteiger partial charge in [-0.1, -0.05) is 41.4 Å². The van der Waals surface area contributed by atoms with Gasteiger partial charge in [0.05, 0.1) is 23.6 Å². The zero-order valence-electron chi connectivity index (χ0n) is 20.7. The lowest BCUT2D eigenvalue weighted by Crippen LogP contribution is -2.44. The van der Waals surface area contributed by atoms with Gasteiger partial charge in [-0.2, -0.15) is 5.26 Å². The number of rotatable bonds is 10. The van der Waals surface area contributed by atoms with Gasteiger partial charge in [0.1, 0.15) is 29.7 Å². The zero-order chi connectivity index (χ0) is 28.5. The van der Waals surface area contributed by atoms with E-state index in [1.165, 1.54) is 30.3 Å². The van der Waals surface area contributed by atoms with Crippen molar-refractivity contribution in [3.05, 3.63) is 69.2 Å². The van der Waals surface area contributed by atoms with Crippen molar-refractivity contribution in [1.29, 1.82) is 5.26 Å². The summed E-state index contributed by atoms with van der Waals surface area (Å²) in [6, 6.07) is 7.72. The van der Waals surface area contributed by atoms with E-state index in [9.17, 15) is 25.1 Å². The molecule has 0 unspecified atom stereocenters. The van der Waals surface area contributed by atoms with Crippen LogP contribution in [0.5, 0.6) is 0 Å². The number of primary amides is 1. The predicted molar refractivity (Wildman–Crippen MR) is 138 cm³/mol. The molecule has 12 heteroatoms. The van der Waals surface area contributed by atoms with Crippen molar-refractivity contribution in [2.45, 2.75) is 55.2 Å². The Kier molecular flexibility index (Phi) is 8.50. The number of nitriles is 1. The van der Waals surface area contributed by atoms with E-state index in [0.717, 1.165) is 6.07 Å². The number of nitrogens with two attached hydrogens (primary N) is 1. The molecule has 0 spiro atoms. The van der Waals surface area contributed by atoms with Crippen LogP contribution in [0.4, 0.5) is 8.78 Å². The van der Waals surface area contributed by atoms with Crippen molar-refractivity contribution in [1.82, 2.24) is 5.32 Å². The van der Waals surface area contributed by atoms with Crippen molar-refractivity contribution in [2.24, 2.45) is 11.1 Å². The normalized spacial score (nSPS) is 26.0. The number of nitrogens with zero attached hydrogens (tertiary/aromatic N) is 1. The molecule has 39 heavy (non-hydrogen) atoms. The molecule has 2 aromatic carbocycles. The third-order valence-electron chi connectivity index (χ3n) is 7.67. The van der Waals surface area contributed by atoms with Gasteiger partial charge in [0.15, 0.2) is 0 Å². The number of amides is 1. The number of carbonyl (C=O) groups is 2. The Hall–Kier alpha value is -2.81. The van der Waals surface area contributed by atoms with Gasteiger partial charge in [0, 0.05) is 29.2 Å². The summed E-state index contributed by atoms with van der Waals surface area (Å²) in [5.74, 6) is -4.85.